The Labute approximate surface area is 123 Å². The maximum Gasteiger partial charge on any atom is 0.358 e. The van der Waals surface area contributed by atoms with Gasteiger partial charge in [-0.3, -0.25) is 0 Å². The van der Waals surface area contributed by atoms with Gasteiger partial charge in [0.15, 0.2) is 5.69 Å². The van der Waals surface area contributed by atoms with Crippen LogP contribution in [0.4, 0.5) is 5.69 Å². The Hall–Kier alpha value is -2.34. The van der Waals surface area contributed by atoms with Crippen molar-refractivity contribution in [3.63, 3.8) is 0 Å². The minimum absolute atomic E-state index is 0.150. The van der Waals surface area contributed by atoms with Gasteiger partial charge in [0.25, 0.3) is 0 Å². The number of hydrogen-bond acceptors (Lipinski definition) is 5. The molecule has 1 aromatic heterocycles. The zero-order valence-corrected chi connectivity index (χ0v) is 12.1. The molecule has 1 heterocycles. The fourth-order valence-electron chi connectivity index (χ4n) is 1.67. The van der Waals surface area contributed by atoms with Crippen molar-refractivity contribution in [3.8, 4) is 5.69 Å². The van der Waals surface area contributed by atoms with Gasteiger partial charge in [-0.1, -0.05) is 0 Å². The highest BCUT2D eigenvalue weighted by atomic mass is 16.5. The second kappa shape index (κ2) is 5.97. The first-order chi connectivity index (χ1) is 9.85. The highest BCUT2D eigenvalue weighted by Gasteiger charge is 2.16. The number of nitrogens with two attached hydrogens (primary N) is 1. The highest BCUT2D eigenvalue weighted by molar-refractivity contribution is 5.87. The largest absolute Gasteiger partial charge is 0.461 e. The summed E-state index contributed by atoms with van der Waals surface area (Å²) < 4.78 is 6.65. The molecule has 0 amide bonds. The van der Waals surface area contributed by atoms with E-state index in [4.69, 9.17) is 10.5 Å². The lowest BCUT2D eigenvalue weighted by Gasteiger charge is -2.16. The van der Waals surface area contributed by atoms with E-state index in [-0.39, 0.29) is 12.3 Å². The molecule has 0 aliphatic rings. The van der Waals surface area contributed by atoms with E-state index < -0.39 is 11.6 Å². The number of carbonyl (C=O) groups excluding carboxylic acids is 1. The zero-order valence-electron chi connectivity index (χ0n) is 12.1. The maximum atomic E-state index is 11.8. The quantitative estimate of drug-likeness (QED) is 0.646. The molecule has 112 valence electrons. The van der Waals surface area contributed by atoms with Crippen molar-refractivity contribution in [2.24, 2.45) is 0 Å². The van der Waals surface area contributed by atoms with Crippen molar-refractivity contribution >= 4 is 11.7 Å². The summed E-state index contributed by atoms with van der Waals surface area (Å²) >= 11 is 0. The maximum absolute atomic E-state index is 11.8. The van der Waals surface area contributed by atoms with Crippen LogP contribution in [0.25, 0.3) is 5.69 Å². The summed E-state index contributed by atoms with van der Waals surface area (Å²) in [5.74, 6) is -0.506. The van der Waals surface area contributed by atoms with E-state index in [9.17, 15) is 9.90 Å². The smallest absolute Gasteiger partial charge is 0.358 e. The second-order valence-corrected chi connectivity index (χ2v) is 5.44. The Balaban J connectivity index is 1.99. The minimum Gasteiger partial charge on any atom is -0.461 e. The summed E-state index contributed by atoms with van der Waals surface area (Å²) in [4.78, 5) is 11.8. The summed E-state index contributed by atoms with van der Waals surface area (Å²) in [7, 11) is 0. The highest BCUT2D eigenvalue weighted by Crippen LogP contribution is 2.12. The summed E-state index contributed by atoms with van der Waals surface area (Å²) in [6, 6.07) is 8.73. The molecule has 0 fully saturated rings. The molecular formula is C15H19N3O3. The number of benzene rings is 1. The number of esters is 1. The van der Waals surface area contributed by atoms with E-state index >= 15 is 0 Å². The number of carbonyl (C=O) groups is 1. The first-order valence-corrected chi connectivity index (χ1v) is 6.66. The topological polar surface area (TPSA) is 90.4 Å². The predicted molar refractivity (Wildman–Crippen MR) is 79.2 cm³/mol. The average Bonchev–Trinajstić information content (AvgIpc) is 2.87. The third-order valence-electron chi connectivity index (χ3n) is 2.90. The number of nitrogens with zero attached hydrogens (tertiary/aromatic N) is 2. The number of aliphatic hydroxyl groups is 1. The van der Waals surface area contributed by atoms with Crippen molar-refractivity contribution < 1.29 is 14.6 Å². The molecule has 3 N–H and O–H groups in total. The number of hydrogen-bond donors (Lipinski definition) is 2. The standard InChI is InChI=1S/C15H19N3O3/c1-15(2,20)8-10-21-14(19)13-7-9-18(17-13)12-5-3-11(16)4-6-12/h3-7,9,20H,8,10,16H2,1-2H3. The van der Waals surface area contributed by atoms with Crippen LogP contribution in [0.2, 0.25) is 0 Å². The summed E-state index contributed by atoms with van der Waals surface area (Å²) in [5.41, 5.74) is 6.46. The third kappa shape index (κ3) is 4.32. The molecule has 0 aliphatic heterocycles. The van der Waals surface area contributed by atoms with Crippen molar-refractivity contribution in [1.29, 1.82) is 0 Å². The van der Waals surface area contributed by atoms with Crippen LogP contribution in [0.5, 0.6) is 0 Å². The van der Waals surface area contributed by atoms with E-state index in [1.54, 1.807) is 42.9 Å². The van der Waals surface area contributed by atoms with E-state index in [2.05, 4.69) is 5.10 Å². The normalized spacial score (nSPS) is 11.4. The zero-order chi connectivity index (χ0) is 15.5. The molecule has 0 spiro atoms. The van der Waals surface area contributed by atoms with Crippen LogP contribution in [-0.2, 0) is 4.74 Å². The third-order valence-corrected chi connectivity index (χ3v) is 2.90. The molecule has 2 aromatic rings. The molecule has 0 atom stereocenters. The van der Waals surface area contributed by atoms with Gasteiger partial charge in [0.2, 0.25) is 0 Å². The Kier molecular flexibility index (Phi) is 4.28. The van der Waals surface area contributed by atoms with Gasteiger partial charge in [0.05, 0.1) is 17.9 Å². The summed E-state index contributed by atoms with van der Waals surface area (Å²) in [6.45, 7) is 3.48. The summed E-state index contributed by atoms with van der Waals surface area (Å²) in [5, 5.41) is 13.7. The monoisotopic (exact) mass is 289 g/mol. The lowest BCUT2D eigenvalue weighted by Crippen LogP contribution is -2.22. The predicted octanol–water partition coefficient (Wildman–Crippen LogP) is 1.77. The molecule has 0 radical (unpaired) electrons. The van der Waals surface area contributed by atoms with Crippen molar-refractivity contribution in [1.82, 2.24) is 9.78 Å². The first kappa shape index (κ1) is 15.1. The molecule has 0 saturated carbocycles. The molecule has 2 rings (SSSR count). The van der Waals surface area contributed by atoms with Crippen LogP contribution < -0.4 is 5.73 Å². The molecule has 21 heavy (non-hydrogen) atoms. The first-order valence-electron chi connectivity index (χ1n) is 6.66. The van der Waals surface area contributed by atoms with Crippen LogP contribution in [-0.4, -0.2) is 33.1 Å². The van der Waals surface area contributed by atoms with Gasteiger partial charge in [-0.15, -0.1) is 0 Å². The fourth-order valence-corrected chi connectivity index (χ4v) is 1.67. The lowest BCUT2D eigenvalue weighted by atomic mass is 10.1. The van der Waals surface area contributed by atoms with Crippen LogP contribution in [0.1, 0.15) is 30.8 Å². The molecule has 0 aliphatic carbocycles. The number of ether oxygens (including phenoxy) is 1. The molecule has 1 aromatic carbocycles. The Bertz CT molecular complexity index is 612. The Morgan fingerprint density at radius 3 is 2.62 bits per heavy atom. The van der Waals surface area contributed by atoms with Crippen LogP contribution >= 0.6 is 0 Å². The van der Waals surface area contributed by atoms with Gasteiger partial charge in [-0.25, -0.2) is 9.48 Å². The number of rotatable bonds is 5. The molecular weight excluding hydrogens is 270 g/mol. The van der Waals surface area contributed by atoms with E-state index in [0.717, 1.165) is 5.69 Å². The van der Waals surface area contributed by atoms with E-state index in [1.807, 2.05) is 12.1 Å². The van der Waals surface area contributed by atoms with Crippen LogP contribution in [0, 0.1) is 0 Å². The van der Waals surface area contributed by atoms with Gasteiger partial charge in [0, 0.05) is 18.3 Å². The Morgan fingerprint density at radius 1 is 1.33 bits per heavy atom. The van der Waals surface area contributed by atoms with E-state index in [0.29, 0.717) is 12.1 Å². The lowest BCUT2D eigenvalue weighted by molar-refractivity contribution is 0.0240. The fraction of sp³-hybridized carbons (Fsp3) is 0.333. The average molecular weight is 289 g/mol. The van der Waals surface area contributed by atoms with Gasteiger partial charge >= 0.3 is 5.97 Å². The van der Waals surface area contributed by atoms with Gasteiger partial charge < -0.3 is 15.6 Å². The SMILES string of the molecule is CC(C)(O)CCOC(=O)c1ccn(-c2ccc(N)cc2)n1. The van der Waals surface area contributed by atoms with Crippen molar-refractivity contribution in [2.45, 2.75) is 25.9 Å². The number of nitrogen functional groups attached to an aromatic ring is 1. The summed E-state index contributed by atoms with van der Waals surface area (Å²) in [6.07, 6.45) is 2.05. The van der Waals surface area contributed by atoms with Crippen LogP contribution in [0.15, 0.2) is 36.5 Å². The van der Waals surface area contributed by atoms with Gasteiger partial charge in [-0.05, 0) is 44.2 Å². The van der Waals surface area contributed by atoms with Crippen molar-refractivity contribution in [3.05, 3.63) is 42.2 Å². The minimum atomic E-state index is -0.858. The Morgan fingerprint density at radius 2 is 2.00 bits per heavy atom. The van der Waals surface area contributed by atoms with Gasteiger partial charge in [0.1, 0.15) is 0 Å². The molecule has 0 bridgehead atoms. The second-order valence-electron chi connectivity index (χ2n) is 5.44. The van der Waals surface area contributed by atoms with E-state index in [1.165, 1.54) is 0 Å². The van der Waals surface area contributed by atoms with Crippen LogP contribution in [0.3, 0.4) is 0 Å². The van der Waals surface area contributed by atoms with Gasteiger partial charge in [-0.2, -0.15) is 5.10 Å². The van der Waals surface area contributed by atoms with Crippen molar-refractivity contribution in [2.75, 3.05) is 12.3 Å². The number of aromatic nitrogens is 2. The molecule has 6 heteroatoms. The molecule has 6 nitrogen and oxygen atoms in total. The molecule has 0 saturated heterocycles. The number of anilines is 1. The molecule has 0 unspecified atom stereocenters.